The topological polar surface area (TPSA) is 141 Å². The van der Waals surface area contributed by atoms with Gasteiger partial charge >= 0.3 is 11.1 Å². The molecule has 10 nitrogen and oxygen atoms in total. The lowest BCUT2D eigenvalue weighted by Crippen LogP contribution is -2.50. The number of hydrogen-bond donors (Lipinski definition) is 3. The van der Waals surface area contributed by atoms with E-state index in [0.717, 1.165) is 24.8 Å². The van der Waals surface area contributed by atoms with Crippen molar-refractivity contribution in [2.45, 2.75) is 44.8 Å². The number of hydrogen-bond acceptors (Lipinski definition) is 6. The molecule has 1 fully saturated rings. The van der Waals surface area contributed by atoms with Gasteiger partial charge in [0.25, 0.3) is 5.69 Å². The first-order valence-corrected chi connectivity index (χ1v) is 10.8. The number of carbonyl (C=O) groups is 1. The fraction of sp³-hybridized carbons (Fsp3) is 0.348. The van der Waals surface area contributed by atoms with Gasteiger partial charge in [0.2, 0.25) is 5.91 Å². The number of aromatic nitrogens is 2. The number of carbonyl (C=O) groups excluding carboxylic acids is 1. The second kappa shape index (κ2) is 9.37. The van der Waals surface area contributed by atoms with E-state index >= 15 is 0 Å². The first kappa shape index (κ1) is 22.4. The maximum atomic E-state index is 12.0. The number of nitrogens with zero attached hydrogens (tertiary/aromatic N) is 2. The summed E-state index contributed by atoms with van der Waals surface area (Å²) >= 11 is 0. The Bertz CT molecular complexity index is 1300. The van der Waals surface area contributed by atoms with Crippen LogP contribution < -0.4 is 16.4 Å². The van der Waals surface area contributed by atoms with Crippen molar-refractivity contribution in [3.63, 3.8) is 0 Å². The molecule has 0 saturated carbocycles. The van der Waals surface area contributed by atoms with E-state index in [1.165, 1.54) is 19.1 Å². The lowest BCUT2D eigenvalue weighted by molar-refractivity contribution is -0.384. The maximum absolute atomic E-state index is 12.0. The molecule has 1 saturated heterocycles. The summed E-state index contributed by atoms with van der Waals surface area (Å²) in [4.78, 5) is 53.5. The smallest absolute Gasteiger partial charge is 0.314 e. The van der Waals surface area contributed by atoms with Gasteiger partial charge in [0, 0.05) is 44.2 Å². The first-order valence-electron chi connectivity index (χ1n) is 10.8. The number of benzene rings is 2. The van der Waals surface area contributed by atoms with Crippen LogP contribution in [-0.4, -0.2) is 44.3 Å². The zero-order valence-corrected chi connectivity index (χ0v) is 18.2. The van der Waals surface area contributed by atoms with Crippen LogP contribution in [0.1, 0.15) is 30.9 Å². The highest BCUT2D eigenvalue weighted by Gasteiger charge is 2.30. The molecule has 0 aliphatic carbocycles. The van der Waals surface area contributed by atoms with Crippen molar-refractivity contribution in [2.24, 2.45) is 0 Å². The average molecular weight is 451 g/mol. The predicted octanol–water partition coefficient (Wildman–Crippen LogP) is 1.84. The molecule has 3 aromatic rings. The molecule has 172 valence electrons. The van der Waals surface area contributed by atoms with Crippen molar-refractivity contribution in [3.8, 4) is 0 Å². The number of nitro groups is 1. The molecule has 2 heterocycles. The number of nitro benzene ring substituents is 1. The molecule has 1 aliphatic heterocycles. The Morgan fingerprint density at radius 2 is 1.91 bits per heavy atom. The molecule has 33 heavy (non-hydrogen) atoms. The molecule has 1 aliphatic rings. The Labute approximate surface area is 188 Å². The summed E-state index contributed by atoms with van der Waals surface area (Å²) in [6.07, 6.45) is 2.22. The van der Waals surface area contributed by atoms with Gasteiger partial charge < -0.3 is 15.3 Å². The van der Waals surface area contributed by atoms with E-state index < -0.39 is 16.0 Å². The van der Waals surface area contributed by atoms with E-state index in [1.54, 1.807) is 0 Å². The Kier molecular flexibility index (Phi) is 6.36. The zero-order valence-electron chi connectivity index (χ0n) is 18.2. The van der Waals surface area contributed by atoms with Gasteiger partial charge in [-0.15, -0.1) is 0 Å². The van der Waals surface area contributed by atoms with Crippen molar-refractivity contribution in [3.05, 3.63) is 84.4 Å². The largest absolute Gasteiger partial charge is 0.354 e. The van der Waals surface area contributed by atoms with Crippen LogP contribution in [0.15, 0.2) is 52.1 Å². The minimum atomic E-state index is -0.855. The quantitative estimate of drug-likeness (QED) is 0.297. The van der Waals surface area contributed by atoms with Gasteiger partial charge in [-0.25, -0.2) is 0 Å². The Morgan fingerprint density at radius 1 is 1.18 bits per heavy atom. The number of H-pyrrole nitrogens is 2. The van der Waals surface area contributed by atoms with Crippen LogP contribution in [-0.2, 0) is 17.8 Å². The standard InChI is InChI=1S/C23H25N5O5/c1-14(29)24-17-7-8-27(18(11-17)9-15-5-3-2-4-6-15)13-16-10-19(28(32)33)12-20-21(16)26-23(31)22(30)25-20/h2-6,10,12,17-18H,7-9,11,13H2,1H3,(H,24,29)(H,25,30)(H,26,31). The molecule has 0 spiro atoms. The molecule has 2 atom stereocenters. The number of rotatable bonds is 6. The van der Waals surface area contributed by atoms with Gasteiger partial charge in [0.15, 0.2) is 0 Å². The number of likely N-dealkylation sites (tertiary alicyclic amines) is 1. The first-order chi connectivity index (χ1) is 15.8. The fourth-order valence-electron chi connectivity index (χ4n) is 4.55. The minimum Gasteiger partial charge on any atom is -0.354 e. The molecule has 4 rings (SSSR count). The predicted molar refractivity (Wildman–Crippen MR) is 123 cm³/mol. The molecule has 0 radical (unpaired) electrons. The normalized spacial score (nSPS) is 18.8. The molecule has 1 aromatic heterocycles. The van der Waals surface area contributed by atoms with Crippen molar-refractivity contribution in [1.29, 1.82) is 0 Å². The fourth-order valence-corrected chi connectivity index (χ4v) is 4.55. The van der Waals surface area contributed by atoms with E-state index in [-0.39, 0.29) is 29.2 Å². The van der Waals surface area contributed by atoms with Crippen molar-refractivity contribution >= 4 is 22.6 Å². The lowest BCUT2D eigenvalue weighted by Gasteiger charge is -2.40. The van der Waals surface area contributed by atoms with Crippen LogP contribution in [0.2, 0.25) is 0 Å². The maximum Gasteiger partial charge on any atom is 0.314 e. The van der Waals surface area contributed by atoms with Gasteiger partial charge in [0.1, 0.15) is 0 Å². The Morgan fingerprint density at radius 3 is 2.61 bits per heavy atom. The summed E-state index contributed by atoms with van der Waals surface area (Å²) in [5, 5.41) is 14.5. The number of amides is 1. The van der Waals surface area contributed by atoms with Crippen LogP contribution in [0.5, 0.6) is 0 Å². The second-order valence-corrected chi connectivity index (χ2v) is 8.43. The molecule has 1 amide bonds. The molecule has 0 bridgehead atoms. The molecule has 2 aromatic carbocycles. The number of aromatic amines is 2. The van der Waals surface area contributed by atoms with Gasteiger partial charge in [-0.05, 0) is 30.4 Å². The highest BCUT2D eigenvalue weighted by molar-refractivity contribution is 5.80. The third-order valence-corrected chi connectivity index (χ3v) is 6.04. The third kappa shape index (κ3) is 5.17. The van der Waals surface area contributed by atoms with Crippen LogP contribution in [0, 0.1) is 10.1 Å². The summed E-state index contributed by atoms with van der Waals surface area (Å²) in [5.74, 6) is -0.0712. The number of non-ortho nitro benzene ring substituents is 1. The second-order valence-electron chi connectivity index (χ2n) is 8.43. The highest BCUT2D eigenvalue weighted by Crippen LogP contribution is 2.27. The summed E-state index contributed by atoms with van der Waals surface area (Å²) in [6, 6.07) is 12.8. The van der Waals surface area contributed by atoms with E-state index in [4.69, 9.17) is 0 Å². The lowest BCUT2D eigenvalue weighted by atomic mass is 9.91. The van der Waals surface area contributed by atoms with E-state index in [0.29, 0.717) is 24.2 Å². The molecule has 10 heteroatoms. The van der Waals surface area contributed by atoms with Crippen molar-refractivity contribution < 1.29 is 9.72 Å². The summed E-state index contributed by atoms with van der Waals surface area (Å²) in [7, 11) is 0. The number of fused-ring (bicyclic) bond motifs is 1. The molecular formula is C23H25N5O5. The SMILES string of the molecule is CC(=O)NC1CCN(Cc2cc([N+](=O)[O-])cc3[nH]c(=O)c(=O)[nH]c23)C(Cc2ccccc2)C1. The van der Waals surface area contributed by atoms with Gasteiger partial charge in [-0.3, -0.25) is 29.4 Å². The van der Waals surface area contributed by atoms with Crippen LogP contribution in [0.25, 0.3) is 11.0 Å². The number of nitrogens with one attached hydrogen (secondary N) is 3. The third-order valence-electron chi connectivity index (χ3n) is 6.04. The molecule has 3 N–H and O–H groups in total. The highest BCUT2D eigenvalue weighted by atomic mass is 16.6. The summed E-state index contributed by atoms with van der Waals surface area (Å²) in [6.45, 7) is 2.52. The van der Waals surface area contributed by atoms with E-state index in [2.05, 4.69) is 20.2 Å². The molecule has 2 unspecified atom stereocenters. The zero-order chi connectivity index (χ0) is 23.5. The van der Waals surface area contributed by atoms with Crippen molar-refractivity contribution in [1.82, 2.24) is 20.2 Å². The monoisotopic (exact) mass is 451 g/mol. The molecular weight excluding hydrogens is 426 g/mol. The van der Waals surface area contributed by atoms with E-state index in [9.17, 15) is 24.5 Å². The van der Waals surface area contributed by atoms with E-state index in [1.807, 2.05) is 30.3 Å². The summed E-state index contributed by atoms with van der Waals surface area (Å²) < 4.78 is 0. The van der Waals surface area contributed by atoms with Crippen LogP contribution >= 0.6 is 0 Å². The van der Waals surface area contributed by atoms with Crippen LogP contribution in [0.4, 0.5) is 5.69 Å². The Hall–Kier alpha value is -3.79. The van der Waals surface area contributed by atoms with Crippen molar-refractivity contribution in [2.75, 3.05) is 6.54 Å². The minimum absolute atomic E-state index is 0.0467. The number of piperidine rings is 1. The van der Waals surface area contributed by atoms with Gasteiger partial charge in [0.05, 0.1) is 16.0 Å². The Balaban J connectivity index is 1.69. The van der Waals surface area contributed by atoms with Gasteiger partial charge in [-0.1, -0.05) is 30.3 Å². The summed E-state index contributed by atoms with van der Waals surface area (Å²) in [5.41, 5.74) is 0.494. The average Bonchev–Trinajstić information content (AvgIpc) is 2.76. The van der Waals surface area contributed by atoms with Crippen LogP contribution in [0.3, 0.4) is 0 Å². The van der Waals surface area contributed by atoms with Gasteiger partial charge in [-0.2, -0.15) is 0 Å².